The zero-order valence-corrected chi connectivity index (χ0v) is 14.2. The second-order valence-corrected chi connectivity index (χ2v) is 6.22. The molecular weight excluding hydrogens is 322 g/mol. The van der Waals surface area contributed by atoms with E-state index in [0.29, 0.717) is 10.7 Å². The Kier molecular flexibility index (Phi) is 4.81. The Morgan fingerprint density at radius 1 is 1.25 bits per heavy atom. The summed E-state index contributed by atoms with van der Waals surface area (Å²) in [6.07, 6.45) is 1.57. The van der Waals surface area contributed by atoms with Gasteiger partial charge in [0.1, 0.15) is 11.3 Å². The molecule has 0 spiro atoms. The molecule has 0 saturated carbocycles. The van der Waals surface area contributed by atoms with E-state index in [9.17, 15) is 4.79 Å². The smallest absolute Gasteiger partial charge is 0.259 e. The summed E-state index contributed by atoms with van der Waals surface area (Å²) in [5, 5.41) is 10.6. The molecule has 122 valence electrons. The molecule has 24 heavy (non-hydrogen) atoms. The van der Waals surface area contributed by atoms with Gasteiger partial charge in [0.15, 0.2) is 0 Å². The van der Waals surface area contributed by atoms with Crippen LogP contribution in [0.25, 0.3) is 0 Å². The van der Waals surface area contributed by atoms with Crippen molar-refractivity contribution < 1.29 is 4.79 Å². The standard InChI is InChI=1S/C17H17N5OS/c1-12-5-3-4-6-14(12)10-22(2)15-8-7-13(9-18-15)16(23)20-17-21-19-11-24-17/h3-9,11H,10H2,1-2H3,(H,20,21,23). The van der Waals surface area contributed by atoms with Gasteiger partial charge in [-0.1, -0.05) is 35.6 Å². The van der Waals surface area contributed by atoms with E-state index in [0.717, 1.165) is 12.4 Å². The van der Waals surface area contributed by atoms with Gasteiger partial charge in [-0.05, 0) is 30.2 Å². The summed E-state index contributed by atoms with van der Waals surface area (Å²) >= 11 is 1.27. The van der Waals surface area contributed by atoms with Gasteiger partial charge in [-0.25, -0.2) is 4.98 Å². The molecule has 0 aliphatic rings. The van der Waals surface area contributed by atoms with Crippen LogP contribution in [0.2, 0.25) is 0 Å². The first-order chi connectivity index (χ1) is 11.6. The Morgan fingerprint density at radius 2 is 2.08 bits per heavy atom. The zero-order chi connectivity index (χ0) is 16.9. The second kappa shape index (κ2) is 7.18. The summed E-state index contributed by atoms with van der Waals surface area (Å²) in [4.78, 5) is 18.5. The van der Waals surface area contributed by atoms with Crippen LogP contribution in [-0.2, 0) is 6.54 Å². The van der Waals surface area contributed by atoms with Gasteiger partial charge < -0.3 is 4.90 Å². The number of aromatic nitrogens is 3. The van der Waals surface area contributed by atoms with Gasteiger partial charge >= 0.3 is 0 Å². The SMILES string of the molecule is Cc1ccccc1CN(C)c1ccc(C(=O)Nc2nncs2)cn1. The van der Waals surface area contributed by atoms with Crippen LogP contribution in [0, 0.1) is 6.92 Å². The number of carbonyl (C=O) groups excluding carboxylic acids is 1. The van der Waals surface area contributed by atoms with Crippen molar-refractivity contribution in [1.29, 1.82) is 0 Å². The van der Waals surface area contributed by atoms with Crippen molar-refractivity contribution in [3.63, 3.8) is 0 Å². The van der Waals surface area contributed by atoms with E-state index in [1.807, 2.05) is 25.2 Å². The van der Waals surface area contributed by atoms with Crippen molar-refractivity contribution in [3.8, 4) is 0 Å². The third-order valence-electron chi connectivity index (χ3n) is 3.65. The first-order valence-electron chi connectivity index (χ1n) is 7.42. The molecule has 0 fully saturated rings. The molecule has 7 heteroatoms. The van der Waals surface area contributed by atoms with E-state index >= 15 is 0 Å². The largest absolute Gasteiger partial charge is 0.355 e. The lowest BCUT2D eigenvalue weighted by Crippen LogP contribution is -2.19. The molecule has 6 nitrogen and oxygen atoms in total. The average molecular weight is 339 g/mol. The Balaban J connectivity index is 1.67. The molecule has 3 aromatic rings. The predicted molar refractivity (Wildman–Crippen MR) is 95.4 cm³/mol. The van der Waals surface area contributed by atoms with Gasteiger partial charge in [0.2, 0.25) is 5.13 Å². The molecule has 0 saturated heterocycles. The summed E-state index contributed by atoms with van der Waals surface area (Å²) in [5.74, 6) is 0.568. The van der Waals surface area contributed by atoms with E-state index in [1.165, 1.54) is 22.5 Å². The minimum Gasteiger partial charge on any atom is -0.355 e. The fourth-order valence-corrected chi connectivity index (χ4v) is 2.71. The first kappa shape index (κ1) is 16.1. The maximum atomic E-state index is 12.1. The number of pyridine rings is 1. The number of benzene rings is 1. The van der Waals surface area contributed by atoms with Gasteiger partial charge in [-0.2, -0.15) is 0 Å². The molecule has 2 aromatic heterocycles. The average Bonchev–Trinajstić information content (AvgIpc) is 3.10. The number of amides is 1. The Hall–Kier alpha value is -2.80. The fourth-order valence-electron chi connectivity index (χ4n) is 2.27. The molecular formula is C17H17N5OS. The summed E-state index contributed by atoms with van der Waals surface area (Å²) < 4.78 is 0. The van der Waals surface area contributed by atoms with Crippen LogP contribution in [0.3, 0.4) is 0 Å². The summed E-state index contributed by atoms with van der Waals surface area (Å²) in [7, 11) is 1.98. The number of rotatable bonds is 5. The predicted octanol–water partition coefficient (Wildman–Crippen LogP) is 3.13. The van der Waals surface area contributed by atoms with E-state index in [4.69, 9.17) is 0 Å². The first-order valence-corrected chi connectivity index (χ1v) is 8.30. The van der Waals surface area contributed by atoms with Crippen LogP contribution < -0.4 is 10.2 Å². The van der Waals surface area contributed by atoms with E-state index in [1.54, 1.807) is 17.8 Å². The molecule has 1 amide bonds. The number of anilines is 2. The number of hydrogen-bond acceptors (Lipinski definition) is 6. The lowest BCUT2D eigenvalue weighted by atomic mass is 10.1. The van der Waals surface area contributed by atoms with Crippen molar-refractivity contribution in [3.05, 3.63) is 64.8 Å². The summed E-state index contributed by atoms with van der Waals surface area (Å²) in [6, 6.07) is 11.9. The van der Waals surface area contributed by atoms with Crippen LogP contribution in [0.1, 0.15) is 21.5 Å². The Labute approximate surface area is 144 Å². The van der Waals surface area contributed by atoms with Crippen molar-refractivity contribution in [1.82, 2.24) is 15.2 Å². The summed E-state index contributed by atoms with van der Waals surface area (Å²) in [6.45, 7) is 2.85. The van der Waals surface area contributed by atoms with Crippen molar-refractivity contribution >= 4 is 28.2 Å². The second-order valence-electron chi connectivity index (χ2n) is 5.39. The molecule has 0 unspecified atom stereocenters. The highest BCUT2D eigenvalue weighted by Gasteiger charge is 2.10. The van der Waals surface area contributed by atoms with E-state index in [2.05, 4.69) is 44.5 Å². The Morgan fingerprint density at radius 3 is 2.75 bits per heavy atom. The van der Waals surface area contributed by atoms with Gasteiger partial charge in [0, 0.05) is 19.8 Å². The quantitative estimate of drug-likeness (QED) is 0.773. The lowest BCUT2D eigenvalue weighted by Gasteiger charge is -2.19. The fraction of sp³-hybridized carbons (Fsp3) is 0.176. The number of aryl methyl sites for hydroxylation is 1. The van der Waals surface area contributed by atoms with Crippen LogP contribution >= 0.6 is 11.3 Å². The van der Waals surface area contributed by atoms with Gasteiger partial charge in [0.05, 0.1) is 5.56 Å². The molecule has 3 rings (SSSR count). The maximum Gasteiger partial charge on any atom is 0.259 e. The van der Waals surface area contributed by atoms with Crippen molar-refractivity contribution in [2.45, 2.75) is 13.5 Å². The van der Waals surface area contributed by atoms with Crippen LogP contribution in [0.15, 0.2) is 48.1 Å². The molecule has 2 heterocycles. The molecule has 0 aliphatic heterocycles. The van der Waals surface area contributed by atoms with Crippen molar-refractivity contribution in [2.24, 2.45) is 0 Å². The lowest BCUT2D eigenvalue weighted by molar-refractivity contribution is 0.102. The molecule has 0 bridgehead atoms. The highest BCUT2D eigenvalue weighted by Crippen LogP contribution is 2.16. The maximum absolute atomic E-state index is 12.1. The molecule has 1 aromatic carbocycles. The van der Waals surface area contributed by atoms with Gasteiger partial charge in [-0.15, -0.1) is 10.2 Å². The number of carbonyl (C=O) groups is 1. The number of hydrogen-bond donors (Lipinski definition) is 1. The molecule has 0 aliphatic carbocycles. The van der Waals surface area contributed by atoms with Crippen LogP contribution in [-0.4, -0.2) is 28.1 Å². The minimum atomic E-state index is -0.243. The molecule has 0 atom stereocenters. The topological polar surface area (TPSA) is 71.0 Å². The highest BCUT2D eigenvalue weighted by atomic mass is 32.1. The number of nitrogens with zero attached hydrogens (tertiary/aromatic N) is 4. The summed E-state index contributed by atoms with van der Waals surface area (Å²) in [5.41, 5.74) is 4.55. The van der Waals surface area contributed by atoms with Crippen LogP contribution in [0.5, 0.6) is 0 Å². The van der Waals surface area contributed by atoms with E-state index < -0.39 is 0 Å². The zero-order valence-electron chi connectivity index (χ0n) is 13.4. The van der Waals surface area contributed by atoms with Crippen LogP contribution in [0.4, 0.5) is 10.9 Å². The highest BCUT2D eigenvalue weighted by molar-refractivity contribution is 7.13. The Bertz CT molecular complexity index is 817. The third-order valence-corrected chi connectivity index (χ3v) is 4.26. The van der Waals surface area contributed by atoms with Gasteiger partial charge in [-0.3, -0.25) is 10.1 Å². The molecule has 0 radical (unpaired) electrons. The minimum absolute atomic E-state index is 0.243. The monoisotopic (exact) mass is 339 g/mol. The number of nitrogens with one attached hydrogen (secondary N) is 1. The third kappa shape index (κ3) is 3.75. The van der Waals surface area contributed by atoms with Gasteiger partial charge in [0.25, 0.3) is 5.91 Å². The molecule has 1 N–H and O–H groups in total. The van der Waals surface area contributed by atoms with Crippen molar-refractivity contribution in [2.75, 3.05) is 17.3 Å². The van der Waals surface area contributed by atoms with E-state index in [-0.39, 0.29) is 5.91 Å². The normalized spacial score (nSPS) is 10.4.